The molecule has 1 fully saturated rings. The Balaban J connectivity index is 2.03. The monoisotopic (exact) mass is 267 g/mol. The molecule has 0 radical (unpaired) electrons. The first-order chi connectivity index (χ1) is 9.20. The second kappa shape index (κ2) is 6.99. The van der Waals surface area contributed by atoms with Crippen molar-refractivity contribution in [2.45, 2.75) is 51.0 Å². The van der Waals surface area contributed by atoms with Crippen LogP contribution in [0.3, 0.4) is 0 Å². The first-order valence-corrected chi connectivity index (χ1v) is 7.33. The molecule has 19 heavy (non-hydrogen) atoms. The van der Waals surface area contributed by atoms with Crippen molar-refractivity contribution in [1.82, 2.24) is 5.32 Å². The van der Waals surface area contributed by atoms with E-state index in [2.05, 4.69) is 5.32 Å². The molecule has 1 aliphatic rings. The normalized spacial score (nSPS) is 19.1. The Morgan fingerprint density at radius 2 is 1.79 bits per heavy atom. The number of hydrogen-bond donors (Lipinski definition) is 1. The minimum atomic E-state index is -0.770. The van der Waals surface area contributed by atoms with E-state index < -0.39 is 11.6 Å². The summed E-state index contributed by atoms with van der Waals surface area (Å²) in [6.07, 6.45) is 8.83. The Hall–Kier alpha value is -0.960. The van der Waals surface area contributed by atoms with Crippen LogP contribution in [-0.2, 0) is 0 Å². The van der Waals surface area contributed by atoms with E-state index in [-0.39, 0.29) is 6.04 Å². The molecule has 0 saturated heterocycles. The zero-order valence-corrected chi connectivity index (χ0v) is 11.6. The highest BCUT2D eigenvalue weighted by molar-refractivity contribution is 5.21. The lowest BCUT2D eigenvalue weighted by atomic mass is 9.89. The summed E-state index contributed by atoms with van der Waals surface area (Å²) < 4.78 is 26.3. The van der Waals surface area contributed by atoms with E-state index in [0.29, 0.717) is 5.92 Å². The fourth-order valence-electron chi connectivity index (χ4n) is 3.08. The van der Waals surface area contributed by atoms with Crippen molar-refractivity contribution >= 4 is 0 Å². The van der Waals surface area contributed by atoms with Gasteiger partial charge < -0.3 is 5.32 Å². The van der Waals surface area contributed by atoms with Crippen LogP contribution in [0.25, 0.3) is 0 Å². The molecule has 3 heteroatoms. The van der Waals surface area contributed by atoms with Crippen molar-refractivity contribution in [3.63, 3.8) is 0 Å². The molecule has 1 nitrogen and oxygen atoms in total. The molecule has 1 aromatic carbocycles. The summed E-state index contributed by atoms with van der Waals surface area (Å²) in [5.74, 6) is -0.820. The first kappa shape index (κ1) is 14.4. The molecule has 0 bridgehead atoms. The molecule has 0 aromatic heterocycles. The second-order valence-corrected chi connectivity index (χ2v) is 5.61. The van der Waals surface area contributed by atoms with Crippen LogP contribution in [0.1, 0.15) is 56.6 Å². The molecule has 0 heterocycles. The van der Waals surface area contributed by atoms with E-state index in [1.165, 1.54) is 50.7 Å². The molecule has 0 aliphatic heterocycles. The standard InChI is InChI=1S/C16H23F2N/c1-19-16(10-12-6-4-2-3-5-7-12)13-8-9-14(17)15(18)11-13/h8-9,11-12,16,19H,2-7,10H2,1H3. The Morgan fingerprint density at radius 3 is 2.37 bits per heavy atom. The summed E-state index contributed by atoms with van der Waals surface area (Å²) >= 11 is 0. The number of hydrogen-bond acceptors (Lipinski definition) is 1. The lowest BCUT2D eigenvalue weighted by Crippen LogP contribution is -2.20. The van der Waals surface area contributed by atoms with Crippen molar-refractivity contribution < 1.29 is 8.78 Å². The van der Waals surface area contributed by atoms with Crippen LogP contribution in [0.15, 0.2) is 18.2 Å². The third kappa shape index (κ3) is 4.00. The molecule has 106 valence electrons. The lowest BCUT2D eigenvalue weighted by molar-refractivity contribution is 0.366. The van der Waals surface area contributed by atoms with Crippen LogP contribution < -0.4 is 5.32 Å². The molecule has 1 saturated carbocycles. The molecule has 1 N–H and O–H groups in total. The molecule has 1 unspecified atom stereocenters. The average Bonchev–Trinajstić information content (AvgIpc) is 2.68. The second-order valence-electron chi connectivity index (χ2n) is 5.61. The maximum Gasteiger partial charge on any atom is 0.159 e. The summed E-state index contributed by atoms with van der Waals surface area (Å²) in [5, 5.41) is 3.24. The third-order valence-corrected chi connectivity index (χ3v) is 4.24. The Bertz CT molecular complexity index is 398. The van der Waals surface area contributed by atoms with Crippen molar-refractivity contribution in [3.8, 4) is 0 Å². The quantitative estimate of drug-likeness (QED) is 0.787. The molecule has 0 amide bonds. The largest absolute Gasteiger partial charge is 0.313 e. The predicted molar refractivity (Wildman–Crippen MR) is 74.0 cm³/mol. The molecule has 1 atom stereocenters. The smallest absolute Gasteiger partial charge is 0.159 e. The molecule has 1 aromatic rings. The van der Waals surface area contributed by atoms with E-state index in [1.54, 1.807) is 6.07 Å². The van der Waals surface area contributed by atoms with E-state index in [1.807, 2.05) is 7.05 Å². The van der Waals surface area contributed by atoms with E-state index >= 15 is 0 Å². The van der Waals surface area contributed by atoms with Crippen LogP contribution in [-0.4, -0.2) is 7.05 Å². The van der Waals surface area contributed by atoms with Crippen LogP contribution in [0, 0.1) is 17.6 Å². The topological polar surface area (TPSA) is 12.0 Å². The Labute approximate surface area is 114 Å². The zero-order valence-electron chi connectivity index (χ0n) is 11.6. The van der Waals surface area contributed by atoms with Gasteiger partial charge in [0, 0.05) is 6.04 Å². The van der Waals surface area contributed by atoms with Crippen molar-refractivity contribution in [2.75, 3.05) is 7.05 Å². The van der Waals surface area contributed by atoms with Gasteiger partial charge in [0.15, 0.2) is 11.6 Å². The number of rotatable bonds is 4. The molecule has 2 rings (SSSR count). The minimum absolute atomic E-state index is 0.123. The minimum Gasteiger partial charge on any atom is -0.313 e. The maximum atomic E-state index is 13.3. The van der Waals surface area contributed by atoms with Gasteiger partial charge >= 0.3 is 0 Å². The van der Waals surface area contributed by atoms with Gasteiger partial charge in [0.2, 0.25) is 0 Å². The number of halogens is 2. The van der Waals surface area contributed by atoms with Gasteiger partial charge in [0.05, 0.1) is 0 Å². The van der Waals surface area contributed by atoms with Crippen molar-refractivity contribution in [3.05, 3.63) is 35.4 Å². The van der Waals surface area contributed by atoms with Gasteiger partial charge in [-0.05, 0) is 37.1 Å². The highest BCUT2D eigenvalue weighted by Crippen LogP contribution is 2.31. The molecule has 1 aliphatic carbocycles. The molecule has 0 spiro atoms. The van der Waals surface area contributed by atoms with Gasteiger partial charge in [0.25, 0.3) is 0 Å². The van der Waals surface area contributed by atoms with Gasteiger partial charge in [-0.2, -0.15) is 0 Å². The van der Waals surface area contributed by atoms with Gasteiger partial charge in [-0.15, -0.1) is 0 Å². The third-order valence-electron chi connectivity index (χ3n) is 4.24. The van der Waals surface area contributed by atoms with Crippen LogP contribution >= 0.6 is 0 Å². The van der Waals surface area contributed by atoms with Crippen LogP contribution in [0.5, 0.6) is 0 Å². The molecular weight excluding hydrogens is 244 g/mol. The van der Waals surface area contributed by atoms with Crippen molar-refractivity contribution in [1.29, 1.82) is 0 Å². The average molecular weight is 267 g/mol. The van der Waals surface area contributed by atoms with Crippen LogP contribution in [0.4, 0.5) is 8.78 Å². The summed E-state index contributed by atoms with van der Waals surface area (Å²) in [6.45, 7) is 0. The fourth-order valence-corrected chi connectivity index (χ4v) is 3.08. The lowest BCUT2D eigenvalue weighted by Gasteiger charge is -2.22. The summed E-state index contributed by atoms with van der Waals surface area (Å²) in [7, 11) is 1.89. The van der Waals surface area contributed by atoms with Crippen molar-refractivity contribution in [2.24, 2.45) is 5.92 Å². The van der Waals surface area contributed by atoms with Gasteiger partial charge in [0.1, 0.15) is 0 Å². The Kier molecular flexibility index (Phi) is 5.32. The number of benzene rings is 1. The fraction of sp³-hybridized carbons (Fsp3) is 0.625. The SMILES string of the molecule is CNC(CC1CCCCCC1)c1ccc(F)c(F)c1. The summed E-state index contributed by atoms with van der Waals surface area (Å²) in [5.41, 5.74) is 0.852. The highest BCUT2D eigenvalue weighted by Gasteiger charge is 2.19. The van der Waals surface area contributed by atoms with Crippen LogP contribution in [0.2, 0.25) is 0 Å². The van der Waals surface area contributed by atoms with Gasteiger partial charge in [-0.1, -0.05) is 44.6 Å². The zero-order chi connectivity index (χ0) is 13.7. The highest BCUT2D eigenvalue weighted by atomic mass is 19.2. The van der Waals surface area contributed by atoms with Gasteiger partial charge in [-0.3, -0.25) is 0 Å². The van der Waals surface area contributed by atoms with E-state index in [4.69, 9.17) is 0 Å². The Morgan fingerprint density at radius 1 is 1.11 bits per heavy atom. The van der Waals surface area contributed by atoms with E-state index in [9.17, 15) is 8.78 Å². The first-order valence-electron chi connectivity index (χ1n) is 7.33. The summed E-state index contributed by atoms with van der Waals surface area (Å²) in [6, 6.07) is 4.36. The number of nitrogens with one attached hydrogen (secondary N) is 1. The summed E-state index contributed by atoms with van der Waals surface area (Å²) in [4.78, 5) is 0. The van der Waals surface area contributed by atoms with E-state index in [0.717, 1.165) is 12.0 Å². The predicted octanol–water partition coefficient (Wildman–Crippen LogP) is 4.59. The van der Waals surface area contributed by atoms with Gasteiger partial charge in [-0.25, -0.2) is 8.78 Å². The molecular formula is C16H23F2N. The maximum absolute atomic E-state index is 13.3.